The van der Waals surface area contributed by atoms with E-state index in [9.17, 15) is 14.0 Å². The number of Topliss-reactive ketones (excluding diaryl/α,β-unsaturated/α-hetero) is 2. The van der Waals surface area contributed by atoms with Gasteiger partial charge in [0.2, 0.25) is 0 Å². The number of aromatic nitrogens is 4. The third-order valence-corrected chi connectivity index (χ3v) is 7.46. The van der Waals surface area contributed by atoms with E-state index in [0.717, 1.165) is 27.9 Å². The van der Waals surface area contributed by atoms with E-state index in [1.807, 2.05) is 50.5 Å². The number of rotatable bonds is 9. The minimum atomic E-state index is -0.921. The molecule has 1 aliphatic rings. The van der Waals surface area contributed by atoms with Crippen molar-refractivity contribution >= 4 is 22.6 Å². The lowest BCUT2D eigenvalue weighted by atomic mass is 9.88. The number of halogens is 1. The molecule has 0 radical (unpaired) electrons. The zero-order chi connectivity index (χ0) is 27.9. The number of hydrogen-bond acceptors (Lipinski definition) is 6. The molecule has 5 aromatic rings. The van der Waals surface area contributed by atoms with Gasteiger partial charge >= 0.3 is 0 Å². The molecule has 1 fully saturated rings. The number of hydrogen-bond donors (Lipinski definition) is 0. The second-order valence-corrected chi connectivity index (χ2v) is 10.4. The van der Waals surface area contributed by atoms with Gasteiger partial charge in [-0.05, 0) is 66.8 Å². The Morgan fingerprint density at radius 2 is 1.62 bits per heavy atom. The monoisotopic (exact) mass is 534 g/mol. The lowest BCUT2D eigenvalue weighted by molar-refractivity contribution is -0.133. The van der Waals surface area contributed by atoms with Crippen LogP contribution in [-0.2, 0) is 29.5 Å². The normalized spacial score (nSPS) is 13.8. The Bertz CT molecular complexity index is 1740. The molecule has 0 N–H and O–H groups in total. The summed E-state index contributed by atoms with van der Waals surface area (Å²) in [7, 11) is 1.86. The molecular formula is C32H27FN4O3. The number of carbonyl (C=O) groups is 2. The summed E-state index contributed by atoms with van der Waals surface area (Å²) < 4.78 is 21.1. The van der Waals surface area contributed by atoms with Crippen LogP contribution in [0.15, 0.2) is 79.3 Å². The van der Waals surface area contributed by atoms with Crippen LogP contribution in [0.5, 0.6) is 11.5 Å². The van der Waals surface area contributed by atoms with Crippen LogP contribution in [0, 0.1) is 18.2 Å². The molecule has 0 aliphatic heterocycles. The van der Waals surface area contributed by atoms with Gasteiger partial charge in [-0.3, -0.25) is 19.3 Å². The Balaban J connectivity index is 1.16. The molecule has 0 bridgehead atoms. The number of aryl methyl sites for hydroxylation is 2. The molecule has 0 atom stereocenters. The fourth-order valence-corrected chi connectivity index (χ4v) is 5.01. The van der Waals surface area contributed by atoms with Crippen LogP contribution < -0.4 is 4.74 Å². The first-order valence-corrected chi connectivity index (χ1v) is 13.1. The molecule has 2 aromatic carbocycles. The number of fused-ring (bicyclic) bond motifs is 1. The Labute approximate surface area is 230 Å². The second kappa shape index (κ2) is 10.1. The van der Waals surface area contributed by atoms with Gasteiger partial charge in [0.1, 0.15) is 17.1 Å². The first-order valence-electron chi connectivity index (χ1n) is 13.1. The number of ether oxygens (including phenoxy) is 1. The molecule has 3 aromatic heterocycles. The molecule has 1 saturated carbocycles. The Hall–Kier alpha value is -4.72. The summed E-state index contributed by atoms with van der Waals surface area (Å²) >= 11 is 0. The fourth-order valence-electron chi connectivity index (χ4n) is 5.01. The highest BCUT2D eigenvalue weighted by Crippen LogP contribution is 2.48. The van der Waals surface area contributed by atoms with E-state index < -0.39 is 5.41 Å². The summed E-state index contributed by atoms with van der Waals surface area (Å²) in [5.74, 6) is 0.654. The molecule has 0 amide bonds. The van der Waals surface area contributed by atoms with Crippen LogP contribution in [0.25, 0.3) is 22.3 Å². The highest BCUT2D eigenvalue weighted by molar-refractivity contribution is 6.10. The minimum Gasteiger partial charge on any atom is -0.455 e. The van der Waals surface area contributed by atoms with Gasteiger partial charge in [0, 0.05) is 43.9 Å². The standard InChI is InChI=1S/C32H27FN4O3/c1-20-15-26-31(36-30(20)23-18-35-37(2)19-23)27(11-14-34-26)40-25-9-5-22(6-10-25)17-29(39)32(12-13-32)28(38)16-21-3-7-24(33)8-4-21/h3-11,14-15,18-19H,12-13,16-17H2,1-2H3. The van der Waals surface area contributed by atoms with Crippen molar-refractivity contribution in [2.24, 2.45) is 12.5 Å². The van der Waals surface area contributed by atoms with Crippen molar-refractivity contribution in [2.75, 3.05) is 0 Å². The maximum atomic E-state index is 13.2. The molecule has 200 valence electrons. The van der Waals surface area contributed by atoms with Gasteiger partial charge < -0.3 is 4.74 Å². The first kappa shape index (κ1) is 25.6. The lowest BCUT2D eigenvalue weighted by Gasteiger charge is -2.14. The van der Waals surface area contributed by atoms with Crippen molar-refractivity contribution in [1.82, 2.24) is 19.7 Å². The highest BCUT2D eigenvalue weighted by atomic mass is 19.1. The van der Waals surface area contributed by atoms with Crippen molar-refractivity contribution in [2.45, 2.75) is 32.6 Å². The molecule has 0 unspecified atom stereocenters. The molecule has 40 heavy (non-hydrogen) atoms. The van der Waals surface area contributed by atoms with Crippen molar-refractivity contribution in [3.8, 4) is 22.8 Å². The van der Waals surface area contributed by atoms with Gasteiger partial charge in [0.05, 0.1) is 22.8 Å². The van der Waals surface area contributed by atoms with E-state index in [-0.39, 0.29) is 30.2 Å². The van der Waals surface area contributed by atoms with Crippen LogP contribution in [-0.4, -0.2) is 31.3 Å². The van der Waals surface area contributed by atoms with E-state index in [2.05, 4.69) is 10.1 Å². The van der Waals surface area contributed by atoms with E-state index >= 15 is 0 Å². The number of nitrogens with zero attached hydrogens (tertiary/aromatic N) is 4. The minimum absolute atomic E-state index is 0.0732. The van der Waals surface area contributed by atoms with Crippen LogP contribution in [0.1, 0.15) is 29.5 Å². The Morgan fingerprint density at radius 1 is 0.975 bits per heavy atom. The summed E-state index contributed by atoms with van der Waals surface area (Å²) in [5, 5.41) is 4.26. The Kier molecular flexibility index (Phi) is 6.46. The zero-order valence-electron chi connectivity index (χ0n) is 22.2. The van der Waals surface area contributed by atoms with Gasteiger partial charge in [-0.1, -0.05) is 24.3 Å². The molecule has 6 rings (SSSR count). The zero-order valence-corrected chi connectivity index (χ0v) is 22.2. The maximum absolute atomic E-state index is 13.2. The third-order valence-electron chi connectivity index (χ3n) is 7.46. The Morgan fingerprint density at radius 3 is 2.23 bits per heavy atom. The van der Waals surface area contributed by atoms with Gasteiger partial charge in [0.25, 0.3) is 0 Å². The lowest BCUT2D eigenvalue weighted by Crippen LogP contribution is -2.28. The van der Waals surface area contributed by atoms with E-state index in [0.29, 0.717) is 35.4 Å². The predicted octanol–water partition coefficient (Wildman–Crippen LogP) is 5.97. The number of pyridine rings is 2. The third kappa shape index (κ3) is 5.00. The second-order valence-electron chi connectivity index (χ2n) is 10.4. The number of carbonyl (C=O) groups excluding carboxylic acids is 2. The summed E-state index contributed by atoms with van der Waals surface area (Å²) in [6.07, 6.45) is 6.82. The van der Waals surface area contributed by atoms with Crippen molar-refractivity contribution < 1.29 is 18.7 Å². The number of benzene rings is 2. The molecule has 7 nitrogen and oxygen atoms in total. The van der Waals surface area contributed by atoms with Crippen LogP contribution in [0.2, 0.25) is 0 Å². The summed E-state index contributed by atoms with van der Waals surface area (Å²) in [5.41, 5.74) is 4.69. The van der Waals surface area contributed by atoms with Crippen LogP contribution in [0.4, 0.5) is 4.39 Å². The average Bonchev–Trinajstić information content (AvgIpc) is 3.66. The first-order chi connectivity index (χ1) is 19.3. The molecule has 3 heterocycles. The largest absolute Gasteiger partial charge is 0.455 e. The molecule has 1 aliphatic carbocycles. The van der Waals surface area contributed by atoms with Gasteiger partial charge in [-0.2, -0.15) is 5.10 Å². The van der Waals surface area contributed by atoms with E-state index in [1.54, 1.807) is 35.3 Å². The quantitative estimate of drug-likeness (QED) is 0.217. The van der Waals surface area contributed by atoms with Crippen molar-refractivity contribution in [3.05, 3.63) is 102 Å². The molecular weight excluding hydrogens is 507 g/mol. The summed E-state index contributed by atoms with van der Waals surface area (Å²) in [6, 6.07) is 16.9. The highest BCUT2D eigenvalue weighted by Gasteiger charge is 2.54. The SMILES string of the molecule is Cc1cc2nccc(Oc3ccc(CC(=O)C4(C(=O)Cc5ccc(F)cc5)CC4)cc3)c2nc1-c1cnn(C)c1. The van der Waals surface area contributed by atoms with Gasteiger partial charge in [-0.15, -0.1) is 0 Å². The van der Waals surface area contributed by atoms with Gasteiger partial charge in [0.15, 0.2) is 17.3 Å². The topological polar surface area (TPSA) is 87.0 Å². The molecule has 0 saturated heterocycles. The maximum Gasteiger partial charge on any atom is 0.156 e. The van der Waals surface area contributed by atoms with Crippen LogP contribution >= 0.6 is 0 Å². The fraction of sp³-hybridized carbons (Fsp3) is 0.219. The smallest absolute Gasteiger partial charge is 0.156 e. The van der Waals surface area contributed by atoms with Crippen LogP contribution in [0.3, 0.4) is 0 Å². The summed E-state index contributed by atoms with van der Waals surface area (Å²) in [4.78, 5) is 35.4. The predicted molar refractivity (Wildman–Crippen MR) is 148 cm³/mol. The van der Waals surface area contributed by atoms with Crippen molar-refractivity contribution in [3.63, 3.8) is 0 Å². The van der Waals surface area contributed by atoms with E-state index in [1.165, 1.54) is 12.1 Å². The average molecular weight is 535 g/mol. The molecule has 0 spiro atoms. The van der Waals surface area contributed by atoms with Crippen molar-refractivity contribution in [1.29, 1.82) is 0 Å². The molecule has 8 heteroatoms. The van der Waals surface area contributed by atoms with E-state index in [4.69, 9.17) is 9.72 Å². The number of ketones is 2. The van der Waals surface area contributed by atoms with Gasteiger partial charge in [-0.25, -0.2) is 9.37 Å². The summed E-state index contributed by atoms with van der Waals surface area (Å²) in [6.45, 7) is 1.99.